The highest BCUT2D eigenvalue weighted by molar-refractivity contribution is 5.95. The highest BCUT2D eigenvalue weighted by Gasteiger charge is 2.28. The minimum atomic E-state index is 0.177. The predicted octanol–water partition coefficient (Wildman–Crippen LogP) is 4.33. The molecule has 0 saturated carbocycles. The minimum Gasteiger partial charge on any atom is -0.332 e. The average molecular weight is 320 g/mol. The van der Waals surface area contributed by atoms with Gasteiger partial charge in [-0.2, -0.15) is 0 Å². The number of amides is 1. The summed E-state index contributed by atoms with van der Waals surface area (Å²) >= 11 is 0. The summed E-state index contributed by atoms with van der Waals surface area (Å²) < 4.78 is 0. The number of carbonyl (C=O) groups is 1. The molecule has 1 aliphatic carbocycles. The normalized spacial score (nSPS) is 20.5. The fraction of sp³-hybridized carbons (Fsp3) is 0.429. The van der Waals surface area contributed by atoms with Crippen LogP contribution >= 0.6 is 0 Å². The molecule has 0 spiro atoms. The Kier molecular flexibility index (Phi) is 4.33. The average Bonchev–Trinajstić information content (AvgIpc) is 2.96. The molecule has 4 rings (SSSR count). The number of rotatable bonds is 2. The second-order valence-corrected chi connectivity index (χ2v) is 6.98. The van der Waals surface area contributed by atoms with E-state index in [9.17, 15) is 4.79 Å². The van der Waals surface area contributed by atoms with Crippen LogP contribution in [0.2, 0.25) is 0 Å². The molecule has 0 radical (unpaired) electrons. The molecular weight excluding hydrogens is 296 g/mol. The van der Waals surface area contributed by atoms with Crippen molar-refractivity contribution in [2.24, 2.45) is 0 Å². The largest absolute Gasteiger partial charge is 0.332 e. The summed E-state index contributed by atoms with van der Waals surface area (Å²) in [7, 11) is 0. The first-order chi connectivity index (χ1) is 11.8. The Morgan fingerprint density at radius 1 is 0.958 bits per heavy atom. The summed E-state index contributed by atoms with van der Waals surface area (Å²) in [5, 5.41) is 0. The Labute approximate surface area is 143 Å². The van der Waals surface area contributed by atoms with Gasteiger partial charge < -0.3 is 4.90 Å². The van der Waals surface area contributed by atoms with Crippen molar-refractivity contribution < 1.29 is 4.79 Å². The molecule has 1 saturated heterocycles. The van der Waals surface area contributed by atoms with Crippen molar-refractivity contribution in [2.75, 3.05) is 6.54 Å². The topological polar surface area (TPSA) is 33.2 Å². The number of pyridine rings is 1. The second kappa shape index (κ2) is 6.76. The van der Waals surface area contributed by atoms with Crippen molar-refractivity contribution in [2.45, 2.75) is 51.0 Å². The van der Waals surface area contributed by atoms with E-state index in [-0.39, 0.29) is 11.9 Å². The summed E-state index contributed by atoms with van der Waals surface area (Å²) in [6, 6.07) is 10.6. The molecule has 1 aromatic carbocycles. The number of carbonyl (C=O) groups excluding carboxylic acids is 1. The lowest BCUT2D eigenvalue weighted by Gasteiger charge is -2.30. The molecule has 1 aliphatic heterocycles. The highest BCUT2D eigenvalue weighted by atomic mass is 16.2. The van der Waals surface area contributed by atoms with E-state index in [4.69, 9.17) is 0 Å². The van der Waals surface area contributed by atoms with Gasteiger partial charge in [-0.1, -0.05) is 18.9 Å². The third-order valence-electron chi connectivity index (χ3n) is 5.45. The first-order valence-electron chi connectivity index (χ1n) is 9.15. The van der Waals surface area contributed by atoms with Gasteiger partial charge in [0.1, 0.15) is 0 Å². The Morgan fingerprint density at radius 2 is 1.79 bits per heavy atom. The van der Waals surface area contributed by atoms with Gasteiger partial charge in [-0.3, -0.25) is 9.78 Å². The molecule has 1 amide bonds. The third kappa shape index (κ3) is 2.95. The lowest BCUT2D eigenvalue weighted by molar-refractivity contribution is 0.0680. The highest BCUT2D eigenvalue weighted by Crippen LogP contribution is 2.32. The Bertz CT molecular complexity index is 726. The van der Waals surface area contributed by atoms with E-state index in [0.717, 1.165) is 37.8 Å². The monoisotopic (exact) mass is 320 g/mol. The molecule has 1 atom stereocenters. The van der Waals surface area contributed by atoms with E-state index in [2.05, 4.69) is 34.1 Å². The van der Waals surface area contributed by atoms with Gasteiger partial charge in [0.05, 0.1) is 6.04 Å². The van der Waals surface area contributed by atoms with Crippen molar-refractivity contribution in [3.05, 3.63) is 65.0 Å². The lowest BCUT2D eigenvalue weighted by atomic mass is 10.00. The van der Waals surface area contributed by atoms with Gasteiger partial charge in [0.2, 0.25) is 0 Å². The molecule has 3 heteroatoms. The van der Waals surface area contributed by atoms with Crippen molar-refractivity contribution in [1.29, 1.82) is 0 Å². The van der Waals surface area contributed by atoms with E-state index in [1.807, 2.05) is 18.5 Å². The second-order valence-electron chi connectivity index (χ2n) is 6.98. The molecular formula is C21H24N2O. The zero-order valence-electron chi connectivity index (χ0n) is 14.1. The first kappa shape index (κ1) is 15.4. The minimum absolute atomic E-state index is 0.177. The molecule has 1 unspecified atom stereocenters. The van der Waals surface area contributed by atoms with Gasteiger partial charge in [0.25, 0.3) is 5.91 Å². The van der Waals surface area contributed by atoms with Crippen LogP contribution in [0.3, 0.4) is 0 Å². The maximum Gasteiger partial charge on any atom is 0.254 e. The van der Waals surface area contributed by atoms with Crippen LogP contribution in [-0.4, -0.2) is 22.3 Å². The molecule has 1 aromatic heterocycles. The first-order valence-corrected chi connectivity index (χ1v) is 9.15. The van der Waals surface area contributed by atoms with E-state index in [1.54, 1.807) is 0 Å². The number of fused-ring (bicyclic) bond motifs is 1. The fourth-order valence-corrected chi connectivity index (χ4v) is 4.15. The summed E-state index contributed by atoms with van der Waals surface area (Å²) in [6.45, 7) is 0.850. The van der Waals surface area contributed by atoms with Crippen LogP contribution in [0.25, 0.3) is 0 Å². The smallest absolute Gasteiger partial charge is 0.254 e. The fourth-order valence-electron chi connectivity index (χ4n) is 4.15. The number of benzene rings is 1. The van der Waals surface area contributed by atoms with E-state index in [1.165, 1.54) is 36.0 Å². The lowest BCUT2D eigenvalue weighted by Crippen LogP contribution is -2.34. The standard InChI is InChI=1S/C21H24N2O/c24-21(19-9-8-16-5-4-6-18(16)15-19)23-14-3-1-2-7-20(23)17-10-12-22-13-11-17/h8-13,15,20H,1-7,14H2. The molecule has 24 heavy (non-hydrogen) atoms. The number of aromatic nitrogens is 1. The van der Waals surface area contributed by atoms with Crippen LogP contribution in [0.15, 0.2) is 42.7 Å². The van der Waals surface area contributed by atoms with E-state index in [0.29, 0.717) is 0 Å². The number of hydrogen-bond donors (Lipinski definition) is 0. The molecule has 2 aromatic rings. The Morgan fingerprint density at radius 3 is 2.67 bits per heavy atom. The maximum absolute atomic E-state index is 13.2. The van der Waals surface area contributed by atoms with E-state index < -0.39 is 0 Å². The third-order valence-corrected chi connectivity index (χ3v) is 5.45. The SMILES string of the molecule is O=C(c1ccc2c(c1)CCC2)N1CCCCCC1c1ccncc1. The Balaban J connectivity index is 1.65. The van der Waals surface area contributed by atoms with Crippen molar-refractivity contribution in [1.82, 2.24) is 9.88 Å². The molecule has 2 aliphatic rings. The molecule has 0 bridgehead atoms. The van der Waals surface area contributed by atoms with Crippen LogP contribution in [0, 0.1) is 0 Å². The van der Waals surface area contributed by atoms with Crippen LogP contribution < -0.4 is 0 Å². The van der Waals surface area contributed by atoms with Gasteiger partial charge in [0, 0.05) is 24.5 Å². The van der Waals surface area contributed by atoms with Crippen LogP contribution in [0.4, 0.5) is 0 Å². The van der Waals surface area contributed by atoms with Gasteiger partial charge in [-0.05, 0) is 73.1 Å². The van der Waals surface area contributed by atoms with Gasteiger partial charge in [-0.25, -0.2) is 0 Å². The molecule has 2 heterocycles. The van der Waals surface area contributed by atoms with Gasteiger partial charge >= 0.3 is 0 Å². The quantitative estimate of drug-likeness (QED) is 0.825. The van der Waals surface area contributed by atoms with Crippen molar-refractivity contribution in [3.8, 4) is 0 Å². The maximum atomic E-state index is 13.2. The van der Waals surface area contributed by atoms with E-state index >= 15 is 0 Å². The molecule has 0 N–H and O–H groups in total. The molecule has 124 valence electrons. The van der Waals surface area contributed by atoms with Crippen LogP contribution in [0.1, 0.15) is 65.2 Å². The van der Waals surface area contributed by atoms with Crippen LogP contribution in [-0.2, 0) is 12.8 Å². The zero-order valence-corrected chi connectivity index (χ0v) is 14.1. The van der Waals surface area contributed by atoms with Crippen molar-refractivity contribution in [3.63, 3.8) is 0 Å². The van der Waals surface area contributed by atoms with Gasteiger partial charge in [0.15, 0.2) is 0 Å². The predicted molar refractivity (Wildman–Crippen MR) is 94.9 cm³/mol. The Hall–Kier alpha value is -2.16. The summed E-state index contributed by atoms with van der Waals surface area (Å²) in [5.41, 5.74) is 4.86. The molecule has 1 fully saturated rings. The summed E-state index contributed by atoms with van der Waals surface area (Å²) in [6.07, 6.45) is 11.7. The van der Waals surface area contributed by atoms with Crippen LogP contribution in [0.5, 0.6) is 0 Å². The summed E-state index contributed by atoms with van der Waals surface area (Å²) in [4.78, 5) is 19.5. The van der Waals surface area contributed by atoms with Gasteiger partial charge in [-0.15, -0.1) is 0 Å². The number of hydrogen-bond acceptors (Lipinski definition) is 2. The zero-order chi connectivity index (χ0) is 16.4. The molecule has 3 nitrogen and oxygen atoms in total. The number of nitrogens with zero attached hydrogens (tertiary/aromatic N) is 2. The summed E-state index contributed by atoms with van der Waals surface area (Å²) in [5.74, 6) is 0.188. The number of likely N-dealkylation sites (tertiary alicyclic amines) is 1. The number of aryl methyl sites for hydroxylation is 2. The van der Waals surface area contributed by atoms with Crippen molar-refractivity contribution >= 4 is 5.91 Å².